The molecule has 3 rings (SSSR count). The largest absolute Gasteiger partial charge is 0.389 e. The van der Waals surface area contributed by atoms with Crippen molar-refractivity contribution in [3.05, 3.63) is 35.2 Å². The molecule has 2 aromatic heterocycles. The van der Waals surface area contributed by atoms with Gasteiger partial charge in [-0.3, -0.25) is 15.4 Å². The number of hydrogen-bond donors (Lipinski definition) is 3. The summed E-state index contributed by atoms with van der Waals surface area (Å²) in [6, 6.07) is 8.90. The minimum atomic E-state index is -1.03. The van der Waals surface area contributed by atoms with Crippen LogP contribution in [0, 0.1) is 12.3 Å². The van der Waals surface area contributed by atoms with Gasteiger partial charge < -0.3 is 14.6 Å². The summed E-state index contributed by atoms with van der Waals surface area (Å²) in [4.78, 5) is 32.9. The van der Waals surface area contributed by atoms with E-state index in [9.17, 15) is 14.7 Å². The normalized spacial score (nSPS) is 12.1. The van der Waals surface area contributed by atoms with Crippen molar-refractivity contribution in [2.45, 2.75) is 60.1 Å². The van der Waals surface area contributed by atoms with Gasteiger partial charge in [0.2, 0.25) is 11.9 Å². The van der Waals surface area contributed by atoms with Gasteiger partial charge >= 0.3 is 6.03 Å². The highest BCUT2D eigenvalue weighted by molar-refractivity contribution is 7.16. The number of carbonyl (C=O) groups excluding carboxylic acids is 2. The van der Waals surface area contributed by atoms with E-state index in [1.165, 1.54) is 11.3 Å². The molecule has 3 aromatic rings. The molecule has 0 aliphatic heterocycles. The van der Waals surface area contributed by atoms with Gasteiger partial charge in [0.15, 0.2) is 0 Å². The smallest absolute Gasteiger partial charge is 0.326 e. The first kappa shape index (κ1) is 24.7. The molecule has 1 aromatic carbocycles. The summed E-state index contributed by atoms with van der Waals surface area (Å²) < 4.78 is 1.77. The van der Waals surface area contributed by atoms with Crippen molar-refractivity contribution in [1.29, 1.82) is 0 Å². The minimum Gasteiger partial charge on any atom is -0.389 e. The first-order valence-electron chi connectivity index (χ1n) is 11.0. The fourth-order valence-electron chi connectivity index (χ4n) is 3.44. The molecule has 9 heteroatoms. The molecular formula is C24H33N5O3S. The predicted octanol–water partition coefficient (Wildman–Crippen LogP) is 5.22. The average Bonchev–Trinajstić information content (AvgIpc) is 3.28. The molecule has 0 bridgehead atoms. The molecular weight excluding hydrogens is 438 g/mol. The highest BCUT2D eigenvalue weighted by Gasteiger charge is 2.29. The van der Waals surface area contributed by atoms with Crippen LogP contribution in [0.15, 0.2) is 30.3 Å². The summed E-state index contributed by atoms with van der Waals surface area (Å²) in [5, 5.41) is 16.8. The number of amides is 3. The van der Waals surface area contributed by atoms with Crippen molar-refractivity contribution < 1.29 is 14.7 Å². The Morgan fingerprint density at radius 1 is 1.15 bits per heavy atom. The lowest BCUT2D eigenvalue weighted by atomic mass is 9.88. The second kappa shape index (κ2) is 9.15. The molecule has 33 heavy (non-hydrogen) atoms. The van der Waals surface area contributed by atoms with Crippen LogP contribution < -0.4 is 15.5 Å². The van der Waals surface area contributed by atoms with Crippen LogP contribution in [0.1, 0.15) is 45.9 Å². The Balaban J connectivity index is 1.95. The van der Waals surface area contributed by atoms with Crippen molar-refractivity contribution in [2.75, 3.05) is 22.6 Å². The molecule has 0 aliphatic carbocycles. The summed E-state index contributed by atoms with van der Waals surface area (Å²) in [6.45, 7) is 11.4. The molecule has 3 N–H and O–H groups in total. The average molecular weight is 472 g/mol. The van der Waals surface area contributed by atoms with Crippen LogP contribution in [0.2, 0.25) is 0 Å². The number of thiophene rings is 1. The molecule has 0 saturated heterocycles. The number of aromatic nitrogens is 2. The first-order chi connectivity index (χ1) is 15.3. The van der Waals surface area contributed by atoms with Gasteiger partial charge in [0.25, 0.3) is 0 Å². The number of aryl methyl sites for hydroxylation is 1. The van der Waals surface area contributed by atoms with Crippen LogP contribution >= 0.6 is 11.3 Å². The van der Waals surface area contributed by atoms with E-state index in [2.05, 4.69) is 15.6 Å². The van der Waals surface area contributed by atoms with Crippen LogP contribution in [0.4, 0.5) is 21.4 Å². The number of anilines is 3. The molecule has 178 valence electrons. The second-order valence-electron chi connectivity index (χ2n) is 9.60. The van der Waals surface area contributed by atoms with Crippen LogP contribution in [-0.2, 0) is 11.3 Å². The Labute approximate surface area is 198 Å². The van der Waals surface area contributed by atoms with Crippen LogP contribution in [0.5, 0.6) is 0 Å². The second-order valence-corrected chi connectivity index (χ2v) is 10.9. The molecule has 0 unspecified atom stereocenters. The van der Waals surface area contributed by atoms with E-state index in [4.69, 9.17) is 0 Å². The number of urea groups is 1. The molecule has 0 spiro atoms. The summed E-state index contributed by atoms with van der Waals surface area (Å²) in [5.41, 5.74) is 0.579. The number of hydrogen-bond acceptors (Lipinski definition) is 5. The summed E-state index contributed by atoms with van der Waals surface area (Å²) in [5.74, 6) is 0.335. The zero-order chi connectivity index (χ0) is 24.6. The maximum absolute atomic E-state index is 12.9. The number of nitrogens with one attached hydrogen (secondary N) is 2. The van der Waals surface area contributed by atoms with E-state index in [0.717, 1.165) is 21.8 Å². The van der Waals surface area contributed by atoms with Crippen LogP contribution in [0.25, 0.3) is 11.0 Å². The SMILES string of the molecule is CCC(C)(C)C(=O)N(C)c1ccc2c(c1)nc(NC(=O)Nc1ccc(C)s1)n2CC(C)(C)O. The van der Waals surface area contributed by atoms with Gasteiger partial charge in [0.05, 0.1) is 28.2 Å². The number of fused-ring (bicyclic) bond motifs is 1. The molecule has 0 saturated carbocycles. The predicted molar refractivity (Wildman–Crippen MR) is 135 cm³/mol. The topological polar surface area (TPSA) is 99.5 Å². The number of rotatable bonds is 7. The summed E-state index contributed by atoms with van der Waals surface area (Å²) in [6.07, 6.45) is 0.728. The van der Waals surface area contributed by atoms with E-state index >= 15 is 0 Å². The molecule has 8 nitrogen and oxygen atoms in total. The van der Waals surface area contributed by atoms with E-state index in [1.54, 1.807) is 30.4 Å². The quantitative estimate of drug-likeness (QED) is 0.440. The van der Waals surface area contributed by atoms with Gasteiger partial charge in [-0.1, -0.05) is 20.8 Å². The van der Waals surface area contributed by atoms with Crippen molar-refractivity contribution in [3.63, 3.8) is 0 Å². The fourth-order valence-corrected chi connectivity index (χ4v) is 4.20. The molecule has 0 atom stereocenters. The van der Waals surface area contributed by atoms with Gasteiger partial charge in [0.1, 0.15) is 0 Å². The number of benzene rings is 1. The van der Waals surface area contributed by atoms with E-state index in [1.807, 2.05) is 58.0 Å². The van der Waals surface area contributed by atoms with Gasteiger partial charge in [-0.05, 0) is 57.5 Å². The fraction of sp³-hybridized carbons (Fsp3) is 0.458. The molecule has 0 fully saturated rings. The van der Waals surface area contributed by atoms with Crippen molar-refractivity contribution >= 4 is 50.9 Å². The number of aliphatic hydroxyl groups is 1. The molecule has 0 aliphatic rings. The lowest BCUT2D eigenvalue weighted by molar-refractivity contribution is -0.126. The monoisotopic (exact) mass is 471 g/mol. The van der Waals surface area contributed by atoms with Crippen LogP contribution in [-0.4, -0.2) is 39.2 Å². The Kier molecular flexibility index (Phi) is 6.85. The Bertz CT molecular complexity index is 1170. The van der Waals surface area contributed by atoms with Crippen molar-refractivity contribution in [1.82, 2.24) is 9.55 Å². The van der Waals surface area contributed by atoms with Gasteiger partial charge in [-0.15, -0.1) is 11.3 Å². The number of nitrogens with zero attached hydrogens (tertiary/aromatic N) is 3. The maximum Gasteiger partial charge on any atom is 0.326 e. The van der Waals surface area contributed by atoms with Crippen LogP contribution in [0.3, 0.4) is 0 Å². The Morgan fingerprint density at radius 3 is 2.42 bits per heavy atom. The summed E-state index contributed by atoms with van der Waals surface area (Å²) >= 11 is 1.48. The Morgan fingerprint density at radius 2 is 1.85 bits per heavy atom. The van der Waals surface area contributed by atoms with Crippen molar-refractivity contribution in [3.8, 4) is 0 Å². The Hall–Kier alpha value is -2.91. The third-order valence-electron chi connectivity index (χ3n) is 5.63. The molecule has 2 heterocycles. The highest BCUT2D eigenvalue weighted by atomic mass is 32.1. The summed E-state index contributed by atoms with van der Waals surface area (Å²) in [7, 11) is 1.75. The highest BCUT2D eigenvalue weighted by Crippen LogP contribution is 2.30. The van der Waals surface area contributed by atoms with E-state index < -0.39 is 17.0 Å². The third-order valence-corrected chi connectivity index (χ3v) is 6.55. The van der Waals surface area contributed by atoms with E-state index in [-0.39, 0.29) is 12.5 Å². The lowest BCUT2D eigenvalue weighted by Crippen LogP contribution is -2.38. The van der Waals surface area contributed by atoms with Gasteiger partial charge in [-0.25, -0.2) is 9.78 Å². The third kappa shape index (κ3) is 5.72. The molecule has 0 radical (unpaired) electrons. The van der Waals surface area contributed by atoms with Gasteiger partial charge in [0, 0.05) is 23.0 Å². The number of imidazole rings is 1. The first-order valence-corrected chi connectivity index (χ1v) is 11.8. The van der Waals surface area contributed by atoms with E-state index in [0.29, 0.717) is 17.2 Å². The standard InChI is InChI=1S/C24H33N5O3S/c1-8-23(3,4)20(30)28(7)16-10-11-18-17(13-16)25-21(29(18)14-24(5,6)32)27-22(31)26-19-12-9-15(2)33-19/h9-13,32H,8,14H2,1-7H3,(H2,25,26,27,31). The lowest BCUT2D eigenvalue weighted by Gasteiger charge is -2.28. The van der Waals surface area contributed by atoms with Gasteiger partial charge in [-0.2, -0.15) is 0 Å². The minimum absolute atomic E-state index is 0.0178. The zero-order valence-corrected chi connectivity index (χ0v) is 21.1. The zero-order valence-electron chi connectivity index (χ0n) is 20.3. The number of carbonyl (C=O) groups is 2. The van der Waals surface area contributed by atoms with Crippen molar-refractivity contribution in [2.24, 2.45) is 5.41 Å². The maximum atomic E-state index is 12.9. The molecule has 3 amide bonds.